The van der Waals surface area contributed by atoms with E-state index in [0.717, 1.165) is 70.6 Å². The zero-order valence-electron chi connectivity index (χ0n) is 21.0. The lowest BCUT2D eigenvalue weighted by Gasteiger charge is -2.34. The Morgan fingerprint density at radius 2 is 1.91 bits per heavy atom. The molecule has 4 unspecified atom stereocenters. The predicted molar refractivity (Wildman–Crippen MR) is 140 cm³/mol. The van der Waals surface area contributed by atoms with Gasteiger partial charge in [0.1, 0.15) is 12.0 Å². The van der Waals surface area contributed by atoms with Crippen molar-refractivity contribution < 1.29 is 19.8 Å². The summed E-state index contributed by atoms with van der Waals surface area (Å²) >= 11 is 0. The molecule has 0 aromatic heterocycles. The fourth-order valence-corrected chi connectivity index (χ4v) is 6.11. The van der Waals surface area contributed by atoms with Gasteiger partial charge in [0.25, 0.3) is 0 Å². The summed E-state index contributed by atoms with van der Waals surface area (Å²) in [4.78, 5) is 22.6. The van der Waals surface area contributed by atoms with Gasteiger partial charge in [-0.2, -0.15) is 0 Å². The third-order valence-corrected chi connectivity index (χ3v) is 8.03. The molecule has 192 valence electrons. The van der Waals surface area contributed by atoms with E-state index in [1.807, 2.05) is 0 Å². The molecule has 3 rings (SSSR count). The van der Waals surface area contributed by atoms with E-state index in [4.69, 9.17) is 10.8 Å². The standard InChI is InChI=1S/C30H43NO4/c31-18-17-23-9-11-25(19-23)27(21-32)7-3-1-2-6-26-20-22(5-4-8-30(34)35)10-16-29(26)24-12-14-28(33)15-13-24/h5,12-15,19,21,25-27,29,33H,1-4,6-11,16-18,20,31H2,(H,34,35). The van der Waals surface area contributed by atoms with Crippen LogP contribution in [-0.4, -0.2) is 29.0 Å². The molecule has 5 heteroatoms. The number of benzene rings is 1. The van der Waals surface area contributed by atoms with Gasteiger partial charge < -0.3 is 20.7 Å². The second kappa shape index (κ2) is 14.2. The highest BCUT2D eigenvalue weighted by Crippen LogP contribution is 2.43. The average molecular weight is 482 g/mol. The number of carbonyl (C=O) groups excluding carboxylic acids is 1. The van der Waals surface area contributed by atoms with Gasteiger partial charge >= 0.3 is 5.97 Å². The predicted octanol–water partition coefficient (Wildman–Crippen LogP) is 6.52. The fourth-order valence-electron chi connectivity index (χ4n) is 6.11. The van der Waals surface area contributed by atoms with Crippen molar-refractivity contribution in [3.8, 4) is 5.75 Å². The topological polar surface area (TPSA) is 101 Å². The van der Waals surface area contributed by atoms with Gasteiger partial charge in [0.2, 0.25) is 0 Å². The maximum absolute atomic E-state index is 11.7. The van der Waals surface area contributed by atoms with Gasteiger partial charge in [-0.3, -0.25) is 4.79 Å². The van der Waals surface area contributed by atoms with Crippen LogP contribution in [0.3, 0.4) is 0 Å². The van der Waals surface area contributed by atoms with Crippen LogP contribution in [-0.2, 0) is 9.59 Å². The zero-order valence-corrected chi connectivity index (χ0v) is 21.0. The quantitative estimate of drug-likeness (QED) is 0.160. The number of unbranched alkanes of at least 4 members (excludes halogenated alkanes) is 2. The van der Waals surface area contributed by atoms with Crippen LogP contribution >= 0.6 is 0 Å². The molecule has 0 radical (unpaired) electrons. The number of carboxylic acids is 1. The van der Waals surface area contributed by atoms with E-state index in [1.165, 1.54) is 23.0 Å². The summed E-state index contributed by atoms with van der Waals surface area (Å²) in [6, 6.07) is 7.66. The van der Waals surface area contributed by atoms with Gasteiger partial charge in [-0.1, -0.05) is 54.7 Å². The van der Waals surface area contributed by atoms with Crippen LogP contribution in [0.25, 0.3) is 0 Å². The number of aldehydes is 1. The summed E-state index contributed by atoms with van der Waals surface area (Å²) in [5, 5.41) is 18.7. The molecule has 0 spiro atoms. The van der Waals surface area contributed by atoms with Crippen LogP contribution < -0.4 is 5.73 Å². The number of phenolic OH excluding ortho intramolecular Hbond substituents is 1. The SMILES string of the molecule is NCCC1=CC(C(C=O)CCCCCC2CC(=CCCC(=O)O)CCC2c2ccc(O)cc2)CC1. The monoisotopic (exact) mass is 481 g/mol. The molecule has 1 saturated carbocycles. The minimum Gasteiger partial charge on any atom is -0.508 e. The minimum atomic E-state index is -0.742. The Morgan fingerprint density at radius 1 is 1.11 bits per heavy atom. The third-order valence-electron chi connectivity index (χ3n) is 8.03. The lowest BCUT2D eigenvalue weighted by Crippen LogP contribution is -2.19. The van der Waals surface area contributed by atoms with E-state index in [1.54, 1.807) is 12.1 Å². The van der Waals surface area contributed by atoms with E-state index in [2.05, 4.69) is 24.3 Å². The highest BCUT2D eigenvalue weighted by Gasteiger charge is 2.28. The zero-order chi connectivity index (χ0) is 25.0. The van der Waals surface area contributed by atoms with Crippen molar-refractivity contribution in [2.75, 3.05) is 6.54 Å². The van der Waals surface area contributed by atoms with Crippen LogP contribution in [0.4, 0.5) is 0 Å². The molecule has 1 fully saturated rings. The van der Waals surface area contributed by atoms with Crippen molar-refractivity contribution in [3.63, 3.8) is 0 Å². The van der Waals surface area contributed by atoms with Gasteiger partial charge in [0.05, 0.1) is 0 Å². The van der Waals surface area contributed by atoms with Crippen LogP contribution in [0.2, 0.25) is 0 Å². The molecule has 0 saturated heterocycles. The first-order valence-corrected chi connectivity index (χ1v) is 13.5. The molecular weight excluding hydrogens is 438 g/mol. The summed E-state index contributed by atoms with van der Waals surface area (Å²) in [6.07, 6.45) is 18.1. The number of aliphatic carboxylic acids is 1. The Hall–Kier alpha value is -2.40. The Balaban J connectivity index is 1.51. The average Bonchev–Trinajstić information content (AvgIpc) is 3.30. The van der Waals surface area contributed by atoms with Crippen molar-refractivity contribution in [1.29, 1.82) is 0 Å². The number of hydrogen-bond acceptors (Lipinski definition) is 4. The largest absolute Gasteiger partial charge is 0.508 e. The molecule has 4 atom stereocenters. The minimum absolute atomic E-state index is 0.133. The number of nitrogens with two attached hydrogens (primary N) is 1. The molecular formula is C30H43NO4. The molecule has 5 nitrogen and oxygen atoms in total. The van der Waals surface area contributed by atoms with Crippen LogP contribution in [0.15, 0.2) is 47.6 Å². The molecule has 2 aliphatic carbocycles. The van der Waals surface area contributed by atoms with Gasteiger partial charge in [0, 0.05) is 12.3 Å². The lowest BCUT2D eigenvalue weighted by atomic mass is 9.71. The van der Waals surface area contributed by atoms with E-state index >= 15 is 0 Å². The normalized spacial score (nSPS) is 24.3. The summed E-state index contributed by atoms with van der Waals surface area (Å²) in [7, 11) is 0. The molecule has 0 aliphatic heterocycles. The van der Waals surface area contributed by atoms with Crippen LogP contribution in [0.1, 0.15) is 95.0 Å². The second-order valence-electron chi connectivity index (χ2n) is 10.5. The summed E-state index contributed by atoms with van der Waals surface area (Å²) in [5.74, 6) is 1.08. The van der Waals surface area contributed by atoms with Crippen molar-refractivity contribution in [3.05, 3.63) is 53.1 Å². The Bertz CT molecular complexity index is 873. The van der Waals surface area contributed by atoms with Gasteiger partial charge in [-0.05, 0) is 99.8 Å². The number of hydrogen-bond donors (Lipinski definition) is 3. The molecule has 1 aromatic rings. The summed E-state index contributed by atoms with van der Waals surface area (Å²) in [6.45, 7) is 0.688. The Kier molecular flexibility index (Phi) is 11.1. The van der Waals surface area contributed by atoms with Crippen LogP contribution in [0, 0.1) is 17.8 Å². The van der Waals surface area contributed by atoms with Gasteiger partial charge in [-0.25, -0.2) is 0 Å². The van der Waals surface area contributed by atoms with E-state index < -0.39 is 5.97 Å². The summed E-state index contributed by atoms with van der Waals surface area (Å²) in [5.41, 5.74) is 9.80. The smallest absolute Gasteiger partial charge is 0.303 e. The highest BCUT2D eigenvalue weighted by atomic mass is 16.4. The number of aromatic hydroxyl groups is 1. The molecule has 0 bridgehead atoms. The molecule has 0 heterocycles. The van der Waals surface area contributed by atoms with Gasteiger partial charge in [-0.15, -0.1) is 0 Å². The van der Waals surface area contributed by atoms with Crippen molar-refractivity contribution in [2.24, 2.45) is 23.5 Å². The van der Waals surface area contributed by atoms with E-state index in [0.29, 0.717) is 36.5 Å². The van der Waals surface area contributed by atoms with Crippen LogP contribution in [0.5, 0.6) is 5.75 Å². The fraction of sp³-hybridized carbons (Fsp3) is 0.600. The molecule has 0 amide bonds. The summed E-state index contributed by atoms with van der Waals surface area (Å²) < 4.78 is 0. The van der Waals surface area contributed by atoms with Crippen molar-refractivity contribution in [1.82, 2.24) is 0 Å². The maximum Gasteiger partial charge on any atom is 0.303 e. The van der Waals surface area contributed by atoms with Crippen molar-refractivity contribution in [2.45, 2.75) is 89.4 Å². The Labute approximate surface area is 210 Å². The number of allylic oxidation sites excluding steroid dienone is 3. The number of carboxylic acid groups (broad SMARTS) is 1. The number of rotatable bonds is 14. The number of phenols is 1. The van der Waals surface area contributed by atoms with E-state index in [9.17, 15) is 14.7 Å². The Morgan fingerprint density at radius 3 is 2.63 bits per heavy atom. The highest BCUT2D eigenvalue weighted by molar-refractivity contribution is 5.66. The maximum atomic E-state index is 11.7. The lowest BCUT2D eigenvalue weighted by molar-refractivity contribution is -0.136. The first-order valence-electron chi connectivity index (χ1n) is 13.5. The molecule has 2 aliphatic rings. The molecule has 4 N–H and O–H groups in total. The first-order chi connectivity index (χ1) is 17.0. The number of carbonyl (C=O) groups is 2. The van der Waals surface area contributed by atoms with Crippen molar-refractivity contribution >= 4 is 12.3 Å². The molecule has 1 aromatic carbocycles. The van der Waals surface area contributed by atoms with Gasteiger partial charge in [0.15, 0.2) is 0 Å². The molecule has 35 heavy (non-hydrogen) atoms. The first kappa shape index (κ1) is 27.2. The van der Waals surface area contributed by atoms with E-state index in [-0.39, 0.29) is 12.3 Å². The third kappa shape index (κ3) is 8.64. The second-order valence-corrected chi connectivity index (χ2v) is 10.5.